The Kier molecular flexibility index (Phi) is 11.5. The van der Waals surface area contributed by atoms with Crippen LogP contribution in [-0.4, -0.2) is 145 Å². The second kappa shape index (κ2) is 15.5. The maximum absolute atomic E-state index is 10.6. The maximum atomic E-state index is 10.6. The van der Waals surface area contributed by atoms with Gasteiger partial charge in [0.15, 0.2) is 17.8 Å². The normalized spacial score (nSPS) is 37.9. The van der Waals surface area contributed by atoms with E-state index in [1.54, 1.807) is 24.3 Å². The van der Waals surface area contributed by atoms with Gasteiger partial charge in [0, 0.05) is 17.8 Å². The Labute approximate surface area is 293 Å². The molecule has 0 aromatic heterocycles. The van der Waals surface area contributed by atoms with Crippen molar-refractivity contribution in [3.05, 3.63) is 41.0 Å². The van der Waals surface area contributed by atoms with E-state index >= 15 is 0 Å². The summed E-state index contributed by atoms with van der Waals surface area (Å²) in [5.74, 6) is -0.145. The number of aliphatic hydroxyl groups is 8. The number of rotatable bonds is 11. The van der Waals surface area contributed by atoms with E-state index in [0.29, 0.717) is 41.4 Å². The number of fused-ring (bicyclic) bond motifs is 1. The SMILES string of the molecule is COc1cc(C2OCC3C(c4cc(OC)c(C5OC(O)C(O)C(O)C5CO)c(OC)c4)OCC23)cc(OC)c1OC1OC(CO)C(O)C(O)C1O. The van der Waals surface area contributed by atoms with Gasteiger partial charge in [-0.15, -0.1) is 0 Å². The predicted octanol–water partition coefficient (Wildman–Crippen LogP) is -1.31. The van der Waals surface area contributed by atoms with Crippen LogP contribution in [0.1, 0.15) is 35.0 Å². The van der Waals surface area contributed by atoms with E-state index in [-0.39, 0.29) is 29.1 Å². The average Bonchev–Trinajstić information content (AvgIpc) is 3.76. The summed E-state index contributed by atoms with van der Waals surface area (Å²) >= 11 is 0. The summed E-state index contributed by atoms with van der Waals surface area (Å²) in [4.78, 5) is 0. The standard InChI is InChI=1S/C34H46O17/c1-43-18-5-13(6-19(44-2)23(18)31-15(9-35)24(37)27(40)33(42)50-31)29-16-11-48-30(17(16)12-47-29)14-7-20(45-3)32(21(8-14)46-4)51-34-28(41)26(39)25(38)22(10-36)49-34/h5-8,15-17,22,24-31,33-42H,9-12H2,1-4H3. The third kappa shape index (κ3) is 6.71. The Bertz CT molecular complexity index is 1460. The fourth-order valence-electron chi connectivity index (χ4n) is 7.52. The first-order chi connectivity index (χ1) is 24.5. The van der Waals surface area contributed by atoms with Crippen molar-refractivity contribution in [2.45, 2.75) is 67.5 Å². The summed E-state index contributed by atoms with van der Waals surface area (Å²) in [7, 11) is 5.72. The minimum absolute atomic E-state index is 0.0578. The van der Waals surface area contributed by atoms with Crippen molar-refractivity contribution >= 4 is 0 Å². The molecule has 0 amide bonds. The summed E-state index contributed by atoms with van der Waals surface area (Å²) in [6.07, 6.45) is -14.3. The van der Waals surface area contributed by atoms with Crippen LogP contribution in [0.15, 0.2) is 24.3 Å². The van der Waals surface area contributed by atoms with Crippen LogP contribution < -0.4 is 23.7 Å². The largest absolute Gasteiger partial charge is 0.496 e. The topological polar surface area (TPSA) is 245 Å². The lowest BCUT2D eigenvalue weighted by molar-refractivity contribution is -0.277. The molecule has 0 radical (unpaired) electrons. The Morgan fingerprint density at radius 2 is 1.10 bits per heavy atom. The molecule has 17 nitrogen and oxygen atoms in total. The molecular formula is C34H46O17. The van der Waals surface area contributed by atoms with Gasteiger partial charge in [-0.2, -0.15) is 0 Å². The van der Waals surface area contributed by atoms with Crippen molar-refractivity contribution in [3.8, 4) is 28.7 Å². The molecule has 0 bridgehead atoms. The molecule has 0 spiro atoms. The third-order valence-electron chi connectivity index (χ3n) is 10.3. The molecule has 4 saturated heterocycles. The first-order valence-electron chi connectivity index (χ1n) is 16.5. The first-order valence-corrected chi connectivity index (χ1v) is 16.5. The molecule has 4 fully saturated rings. The zero-order valence-electron chi connectivity index (χ0n) is 28.5. The van der Waals surface area contributed by atoms with Crippen LogP contribution in [0.5, 0.6) is 28.7 Å². The molecule has 51 heavy (non-hydrogen) atoms. The summed E-state index contributed by atoms with van der Waals surface area (Å²) in [5.41, 5.74) is 1.74. The van der Waals surface area contributed by atoms with Crippen molar-refractivity contribution in [2.75, 3.05) is 54.9 Å². The van der Waals surface area contributed by atoms with Gasteiger partial charge in [-0.05, 0) is 35.4 Å². The summed E-state index contributed by atoms with van der Waals surface area (Å²) in [5, 5.41) is 81.6. The number of ether oxygens (including phenoxy) is 9. The lowest BCUT2D eigenvalue weighted by Gasteiger charge is -2.41. The Balaban J connectivity index is 1.25. The van der Waals surface area contributed by atoms with Crippen LogP contribution in [0.3, 0.4) is 0 Å². The molecule has 4 aliphatic rings. The number of hydrogen-bond acceptors (Lipinski definition) is 17. The monoisotopic (exact) mass is 726 g/mol. The third-order valence-corrected chi connectivity index (χ3v) is 10.3. The number of aliphatic hydroxyl groups excluding tert-OH is 8. The second-order valence-corrected chi connectivity index (χ2v) is 13.0. The van der Waals surface area contributed by atoms with E-state index in [9.17, 15) is 40.9 Å². The highest BCUT2D eigenvalue weighted by Gasteiger charge is 2.51. The molecule has 4 aliphatic heterocycles. The van der Waals surface area contributed by atoms with Crippen molar-refractivity contribution in [3.63, 3.8) is 0 Å². The summed E-state index contributed by atoms with van der Waals surface area (Å²) in [6, 6.07) is 6.89. The van der Waals surface area contributed by atoms with E-state index in [1.165, 1.54) is 28.4 Å². The van der Waals surface area contributed by atoms with Gasteiger partial charge >= 0.3 is 0 Å². The van der Waals surface area contributed by atoms with Crippen LogP contribution in [0.25, 0.3) is 0 Å². The van der Waals surface area contributed by atoms with Crippen molar-refractivity contribution in [1.29, 1.82) is 0 Å². The van der Waals surface area contributed by atoms with E-state index in [0.717, 1.165) is 0 Å². The quantitative estimate of drug-likeness (QED) is 0.134. The van der Waals surface area contributed by atoms with Crippen LogP contribution in [-0.2, 0) is 18.9 Å². The van der Waals surface area contributed by atoms with Crippen molar-refractivity contribution in [2.24, 2.45) is 17.8 Å². The Morgan fingerprint density at radius 1 is 0.588 bits per heavy atom. The van der Waals surface area contributed by atoms with Crippen LogP contribution in [0, 0.1) is 17.8 Å². The molecule has 2 aromatic carbocycles. The van der Waals surface area contributed by atoms with Crippen LogP contribution in [0.2, 0.25) is 0 Å². The van der Waals surface area contributed by atoms with Gasteiger partial charge in [-0.25, -0.2) is 0 Å². The van der Waals surface area contributed by atoms with Gasteiger partial charge in [0.1, 0.15) is 48.1 Å². The van der Waals surface area contributed by atoms with Crippen molar-refractivity contribution in [1.82, 2.24) is 0 Å². The van der Waals surface area contributed by atoms with Gasteiger partial charge in [0.25, 0.3) is 0 Å². The molecule has 284 valence electrons. The zero-order valence-corrected chi connectivity index (χ0v) is 28.5. The fourth-order valence-corrected chi connectivity index (χ4v) is 7.52. The van der Waals surface area contributed by atoms with Gasteiger partial charge in [-0.1, -0.05) is 0 Å². The molecule has 17 heteroatoms. The van der Waals surface area contributed by atoms with E-state index in [2.05, 4.69) is 0 Å². The second-order valence-electron chi connectivity index (χ2n) is 13.0. The smallest absolute Gasteiger partial charge is 0.229 e. The summed E-state index contributed by atoms with van der Waals surface area (Å²) in [6.45, 7) is -0.511. The maximum Gasteiger partial charge on any atom is 0.229 e. The lowest BCUT2D eigenvalue weighted by Crippen LogP contribution is -2.60. The Morgan fingerprint density at radius 3 is 1.57 bits per heavy atom. The molecule has 8 N–H and O–H groups in total. The van der Waals surface area contributed by atoms with E-state index < -0.39 is 86.6 Å². The number of hydrogen-bond donors (Lipinski definition) is 8. The highest BCUT2D eigenvalue weighted by Crippen LogP contribution is 2.54. The molecular weight excluding hydrogens is 680 g/mol. The number of benzene rings is 2. The Hall–Kier alpha value is -3.04. The summed E-state index contributed by atoms with van der Waals surface area (Å²) < 4.78 is 52.5. The molecule has 4 heterocycles. The van der Waals surface area contributed by atoms with Crippen LogP contribution >= 0.6 is 0 Å². The minimum Gasteiger partial charge on any atom is -0.496 e. The van der Waals surface area contributed by atoms with E-state index in [1.807, 2.05) is 0 Å². The van der Waals surface area contributed by atoms with Gasteiger partial charge in [0.2, 0.25) is 12.0 Å². The molecule has 14 atom stereocenters. The molecule has 2 aromatic rings. The molecule has 0 aliphatic carbocycles. The van der Waals surface area contributed by atoms with E-state index in [4.69, 9.17) is 42.6 Å². The lowest BCUT2D eigenvalue weighted by atomic mass is 9.82. The molecule has 6 rings (SSSR count). The zero-order chi connectivity index (χ0) is 36.7. The highest BCUT2D eigenvalue weighted by molar-refractivity contribution is 5.55. The molecule has 0 saturated carbocycles. The van der Waals surface area contributed by atoms with Gasteiger partial charge in [-0.3, -0.25) is 0 Å². The van der Waals surface area contributed by atoms with Gasteiger partial charge < -0.3 is 83.5 Å². The number of methoxy groups -OCH3 is 4. The van der Waals surface area contributed by atoms with Crippen LogP contribution in [0.4, 0.5) is 0 Å². The van der Waals surface area contributed by atoms with Crippen molar-refractivity contribution < 1.29 is 83.5 Å². The minimum atomic E-state index is -1.71. The highest BCUT2D eigenvalue weighted by atomic mass is 16.7. The first kappa shape index (κ1) is 37.7. The average molecular weight is 727 g/mol. The fraction of sp³-hybridized carbons (Fsp3) is 0.647. The predicted molar refractivity (Wildman–Crippen MR) is 170 cm³/mol. The molecule has 14 unspecified atom stereocenters. The van der Waals surface area contributed by atoms with Gasteiger partial charge in [0.05, 0.1) is 78.7 Å².